The number of carbonyl (C=O) groups is 1. The summed E-state index contributed by atoms with van der Waals surface area (Å²) >= 11 is 0. The molecular weight excluding hydrogens is 169 g/mol. The Hall–Kier alpha value is -0.550. The van der Waals surface area contributed by atoms with Gasteiger partial charge in [0, 0.05) is 0 Å². The number of para-hydroxylation sites is 1. The fraction of sp³-hybridized carbons (Fsp3) is 0. The summed E-state index contributed by atoms with van der Waals surface area (Å²) < 4.78 is 0. The van der Waals surface area contributed by atoms with Crippen LogP contribution in [0, 0.1) is 0 Å². The minimum atomic E-state index is -1.05. The van der Waals surface area contributed by atoms with Gasteiger partial charge >= 0.3 is 35.5 Å². The van der Waals surface area contributed by atoms with Crippen molar-refractivity contribution in [3.63, 3.8) is 0 Å². The van der Waals surface area contributed by atoms with Gasteiger partial charge in [0.2, 0.25) is 0 Å². The van der Waals surface area contributed by atoms with E-state index in [9.17, 15) is 4.79 Å². The predicted octanol–water partition coefficient (Wildman–Crippen LogP) is -2.25. The summed E-state index contributed by atoms with van der Waals surface area (Å²) in [7, 11) is 0. The summed E-state index contributed by atoms with van der Waals surface area (Å²) in [6, 6.07) is 6.16. The minimum Gasteiger partial charge on any atom is -1.00 e. The first-order valence-corrected chi connectivity index (χ1v) is 2.94. The van der Waals surface area contributed by atoms with Crippen molar-refractivity contribution in [2.24, 2.45) is 5.90 Å². The van der Waals surface area contributed by atoms with Crippen molar-refractivity contribution in [2.45, 2.75) is 0 Å². The van der Waals surface area contributed by atoms with Gasteiger partial charge in [-0.05, 0) is 12.1 Å². The molecule has 0 aliphatic carbocycles. The number of hydrogen-bond donors (Lipinski definition) is 2. The molecule has 0 saturated heterocycles. The van der Waals surface area contributed by atoms with E-state index in [0.717, 1.165) is 0 Å². The maximum Gasteiger partial charge on any atom is 1.00 e. The number of hydrogen-bond acceptors (Lipinski definition) is 3. The largest absolute Gasteiger partial charge is 1.00 e. The summed E-state index contributed by atoms with van der Waals surface area (Å²) in [6.07, 6.45) is 0. The monoisotopic (exact) mass is 177 g/mol. The Morgan fingerprint density at radius 2 is 2.08 bits per heavy atom. The number of rotatable bonds is 2. The number of carboxylic acids is 1. The molecule has 0 heterocycles. The Morgan fingerprint density at radius 1 is 1.50 bits per heavy atom. The second kappa shape index (κ2) is 5.16. The summed E-state index contributed by atoms with van der Waals surface area (Å²) in [5.41, 5.74) is 0.0648. The van der Waals surface area contributed by atoms with Gasteiger partial charge in [-0.15, -0.1) is 0 Å². The van der Waals surface area contributed by atoms with Crippen LogP contribution in [-0.4, -0.2) is 11.1 Å². The third kappa shape index (κ3) is 2.49. The van der Waals surface area contributed by atoms with Gasteiger partial charge in [-0.1, -0.05) is 12.1 Å². The van der Waals surface area contributed by atoms with Crippen LogP contribution in [0.15, 0.2) is 24.3 Å². The molecule has 5 heteroatoms. The van der Waals surface area contributed by atoms with Crippen molar-refractivity contribution in [3.8, 4) is 5.75 Å². The Morgan fingerprint density at radius 3 is 2.50 bits per heavy atom. The average Bonchev–Trinajstić information content (AvgIpc) is 2.04. The van der Waals surface area contributed by atoms with E-state index in [1.807, 2.05) is 0 Å². The molecule has 0 saturated carbocycles. The molecular formula is C7H8NNaO3. The van der Waals surface area contributed by atoms with Gasteiger partial charge in [0.15, 0.2) is 5.75 Å². The first-order valence-electron chi connectivity index (χ1n) is 2.94. The van der Waals surface area contributed by atoms with Gasteiger partial charge in [-0.2, -0.15) is 5.90 Å². The van der Waals surface area contributed by atoms with Crippen molar-refractivity contribution in [1.29, 1.82) is 0 Å². The summed E-state index contributed by atoms with van der Waals surface area (Å²) in [5.74, 6) is 3.94. The minimum absolute atomic E-state index is 0. The van der Waals surface area contributed by atoms with E-state index in [0.29, 0.717) is 0 Å². The van der Waals surface area contributed by atoms with Gasteiger partial charge in [0.25, 0.3) is 0 Å². The molecule has 0 radical (unpaired) electrons. The fourth-order valence-corrected chi connectivity index (χ4v) is 0.746. The van der Waals surface area contributed by atoms with Crippen LogP contribution in [0.3, 0.4) is 0 Å². The standard InChI is InChI=1S/C7H7NO3.Na.H/c8-11-6-4-2-1-3-5(6)7(9)10;;/h1-4H,8H2,(H,9,10);;/q;+1;-1. The molecule has 1 rings (SSSR count). The third-order valence-corrected chi connectivity index (χ3v) is 1.24. The van der Waals surface area contributed by atoms with Crippen LogP contribution in [0.2, 0.25) is 0 Å². The zero-order valence-corrected chi connectivity index (χ0v) is 8.65. The van der Waals surface area contributed by atoms with E-state index in [-0.39, 0.29) is 42.3 Å². The maximum atomic E-state index is 10.4. The van der Waals surface area contributed by atoms with Crippen LogP contribution in [-0.2, 0) is 0 Å². The molecule has 0 atom stereocenters. The van der Waals surface area contributed by atoms with Crippen LogP contribution >= 0.6 is 0 Å². The van der Waals surface area contributed by atoms with Crippen molar-refractivity contribution >= 4 is 5.97 Å². The van der Waals surface area contributed by atoms with Crippen LogP contribution in [0.5, 0.6) is 5.75 Å². The zero-order valence-electron chi connectivity index (χ0n) is 7.65. The smallest absolute Gasteiger partial charge is 1.00 e. The van der Waals surface area contributed by atoms with Gasteiger partial charge in [0.05, 0.1) is 0 Å². The zero-order chi connectivity index (χ0) is 8.27. The predicted molar refractivity (Wildman–Crippen MR) is 39.3 cm³/mol. The van der Waals surface area contributed by atoms with Gasteiger partial charge in [0.1, 0.15) is 5.56 Å². The van der Waals surface area contributed by atoms with E-state index in [2.05, 4.69) is 4.84 Å². The number of benzene rings is 1. The third-order valence-electron chi connectivity index (χ3n) is 1.24. The Bertz CT molecular complexity index is 282. The molecule has 0 amide bonds. The summed E-state index contributed by atoms with van der Waals surface area (Å²) in [4.78, 5) is 14.8. The molecule has 12 heavy (non-hydrogen) atoms. The molecule has 60 valence electrons. The molecule has 0 aromatic heterocycles. The molecule has 4 nitrogen and oxygen atoms in total. The number of carboxylic acid groups (broad SMARTS) is 1. The van der Waals surface area contributed by atoms with E-state index in [1.54, 1.807) is 12.1 Å². The average molecular weight is 177 g/mol. The van der Waals surface area contributed by atoms with E-state index in [4.69, 9.17) is 11.0 Å². The van der Waals surface area contributed by atoms with Crippen LogP contribution in [0.4, 0.5) is 0 Å². The van der Waals surface area contributed by atoms with Crippen LogP contribution < -0.4 is 40.3 Å². The maximum absolute atomic E-state index is 10.4. The van der Waals surface area contributed by atoms with E-state index in [1.165, 1.54) is 12.1 Å². The van der Waals surface area contributed by atoms with Crippen molar-refractivity contribution < 1.29 is 45.7 Å². The van der Waals surface area contributed by atoms with E-state index < -0.39 is 5.97 Å². The molecule has 3 N–H and O–H groups in total. The normalized spacial score (nSPS) is 8.42. The number of aromatic carboxylic acids is 1. The SMILES string of the molecule is NOc1ccccc1C(=O)O.[H-].[Na+]. The summed E-state index contributed by atoms with van der Waals surface area (Å²) in [6.45, 7) is 0. The van der Waals surface area contributed by atoms with Crippen LogP contribution in [0.25, 0.3) is 0 Å². The van der Waals surface area contributed by atoms with Crippen molar-refractivity contribution in [3.05, 3.63) is 29.8 Å². The summed E-state index contributed by atoms with van der Waals surface area (Å²) in [5, 5.41) is 8.56. The fourth-order valence-electron chi connectivity index (χ4n) is 0.746. The topological polar surface area (TPSA) is 72.5 Å². The number of nitrogens with two attached hydrogens (primary N) is 1. The Balaban J connectivity index is 0. The van der Waals surface area contributed by atoms with Gasteiger partial charge in [-0.3, -0.25) is 0 Å². The molecule has 0 bridgehead atoms. The second-order valence-corrected chi connectivity index (χ2v) is 1.92. The Labute approximate surface area is 93.1 Å². The van der Waals surface area contributed by atoms with Gasteiger partial charge < -0.3 is 11.4 Å². The van der Waals surface area contributed by atoms with Crippen molar-refractivity contribution in [1.82, 2.24) is 0 Å². The molecule has 0 aliphatic rings. The molecule has 1 aromatic rings. The molecule has 0 fully saturated rings. The second-order valence-electron chi connectivity index (χ2n) is 1.92. The first kappa shape index (κ1) is 11.4. The quantitative estimate of drug-likeness (QED) is 0.395. The molecule has 0 unspecified atom stereocenters. The van der Waals surface area contributed by atoms with Crippen LogP contribution in [0.1, 0.15) is 11.8 Å². The van der Waals surface area contributed by atoms with Crippen molar-refractivity contribution in [2.75, 3.05) is 0 Å². The van der Waals surface area contributed by atoms with Gasteiger partial charge in [-0.25, -0.2) is 4.79 Å². The van der Waals surface area contributed by atoms with E-state index >= 15 is 0 Å². The Kier molecular flexibility index (Phi) is 4.92. The molecule has 1 aromatic carbocycles. The first-order chi connectivity index (χ1) is 5.25. The molecule has 0 aliphatic heterocycles. The molecule has 0 spiro atoms.